The molecule has 0 heterocycles. The van der Waals surface area contributed by atoms with Gasteiger partial charge in [-0.3, -0.25) is 14.9 Å². The number of methoxy groups -OCH3 is 1. The fourth-order valence-electron chi connectivity index (χ4n) is 1.91. The molecule has 0 radical (unpaired) electrons. The summed E-state index contributed by atoms with van der Waals surface area (Å²) >= 11 is 0. The first-order chi connectivity index (χ1) is 11.1. The first-order valence-corrected chi connectivity index (χ1v) is 6.90. The van der Waals surface area contributed by atoms with Gasteiger partial charge in [-0.05, 0) is 24.3 Å². The molecule has 2 rings (SSSR count). The van der Waals surface area contributed by atoms with Crippen molar-refractivity contribution in [3.63, 3.8) is 0 Å². The van der Waals surface area contributed by atoms with Gasteiger partial charge in [-0.2, -0.15) is 0 Å². The molecule has 120 valence electrons. The van der Waals surface area contributed by atoms with E-state index in [9.17, 15) is 14.9 Å². The first kappa shape index (κ1) is 16.3. The summed E-state index contributed by atoms with van der Waals surface area (Å²) in [6.07, 6.45) is 0.134. The van der Waals surface area contributed by atoms with Gasteiger partial charge in [0.25, 0.3) is 0 Å². The number of para-hydroxylation sites is 1. The zero-order valence-electron chi connectivity index (χ0n) is 12.5. The minimum atomic E-state index is -0.562. The van der Waals surface area contributed by atoms with Crippen LogP contribution in [0, 0.1) is 10.1 Å². The fraction of sp³-hybridized carbons (Fsp3) is 0.188. The Morgan fingerprint density at radius 2 is 1.96 bits per heavy atom. The molecule has 0 unspecified atom stereocenters. The van der Waals surface area contributed by atoms with E-state index in [0.29, 0.717) is 11.4 Å². The van der Waals surface area contributed by atoms with Gasteiger partial charge >= 0.3 is 5.69 Å². The third-order valence-corrected chi connectivity index (χ3v) is 3.00. The molecule has 0 aliphatic heterocycles. The van der Waals surface area contributed by atoms with Crippen LogP contribution in [0.4, 0.5) is 11.4 Å². The number of amides is 1. The van der Waals surface area contributed by atoms with E-state index in [4.69, 9.17) is 9.47 Å². The van der Waals surface area contributed by atoms with Gasteiger partial charge in [0, 0.05) is 11.8 Å². The number of hydrogen-bond acceptors (Lipinski definition) is 5. The van der Waals surface area contributed by atoms with E-state index in [1.54, 1.807) is 18.2 Å². The Labute approximate surface area is 133 Å². The van der Waals surface area contributed by atoms with Crippen LogP contribution in [0.15, 0.2) is 48.5 Å². The van der Waals surface area contributed by atoms with Crippen molar-refractivity contribution >= 4 is 17.3 Å². The van der Waals surface area contributed by atoms with Crippen molar-refractivity contribution in [3.05, 3.63) is 58.6 Å². The molecule has 0 fully saturated rings. The Balaban J connectivity index is 1.90. The molecule has 0 spiro atoms. The summed E-state index contributed by atoms with van der Waals surface area (Å²) in [4.78, 5) is 22.2. The molecule has 0 saturated carbocycles. The van der Waals surface area contributed by atoms with Gasteiger partial charge in [0.15, 0.2) is 5.75 Å². The largest absolute Gasteiger partial charge is 0.493 e. The molecule has 7 heteroatoms. The van der Waals surface area contributed by atoms with Crippen molar-refractivity contribution in [2.75, 3.05) is 19.0 Å². The summed E-state index contributed by atoms with van der Waals surface area (Å²) in [6, 6.07) is 13.4. The predicted octanol–water partition coefficient (Wildman–Crippen LogP) is 3.01. The van der Waals surface area contributed by atoms with Crippen LogP contribution in [0.25, 0.3) is 0 Å². The lowest BCUT2D eigenvalue weighted by Crippen LogP contribution is -2.15. The topological polar surface area (TPSA) is 90.7 Å². The van der Waals surface area contributed by atoms with Crippen LogP contribution in [-0.2, 0) is 4.79 Å². The monoisotopic (exact) mass is 316 g/mol. The highest BCUT2D eigenvalue weighted by molar-refractivity contribution is 5.91. The Bertz CT molecular complexity index is 688. The zero-order valence-corrected chi connectivity index (χ0v) is 12.5. The Kier molecular flexibility index (Phi) is 5.51. The minimum Gasteiger partial charge on any atom is -0.493 e. The molecule has 0 bridgehead atoms. The number of nitro groups is 1. The summed E-state index contributed by atoms with van der Waals surface area (Å²) < 4.78 is 10.3. The minimum absolute atomic E-state index is 0.134. The molecule has 0 aliphatic rings. The molecule has 0 aliphatic carbocycles. The van der Waals surface area contributed by atoms with E-state index in [-0.39, 0.29) is 30.4 Å². The van der Waals surface area contributed by atoms with Gasteiger partial charge in [-0.25, -0.2) is 0 Å². The van der Waals surface area contributed by atoms with Crippen LogP contribution in [0.5, 0.6) is 11.5 Å². The normalized spacial score (nSPS) is 9.96. The predicted molar refractivity (Wildman–Crippen MR) is 84.8 cm³/mol. The standard InChI is InChI=1S/C16H16N2O5/c1-22-15-8-7-12(11-14(15)18(20)21)17-16(19)9-10-23-13-5-3-2-4-6-13/h2-8,11H,9-10H2,1H3,(H,17,19). The number of nitrogens with zero attached hydrogens (tertiary/aromatic N) is 1. The second-order valence-corrected chi connectivity index (χ2v) is 4.60. The van der Waals surface area contributed by atoms with E-state index in [2.05, 4.69) is 5.32 Å². The zero-order chi connectivity index (χ0) is 16.7. The lowest BCUT2D eigenvalue weighted by molar-refractivity contribution is -0.385. The third kappa shape index (κ3) is 4.70. The SMILES string of the molecule is COc1ccc(NC(=O)CCOc2ccccc2)cc1[N+](=O)[O-]. The van der Waals surface area contributed by atoms with Gasteiger partial charge in [0.1, 0.15) is 5.75 Å². The smallest absolute Gasteiger partial charge is 0.312 e. The summed E-state index contributed by atoms with van der Waals surface area (Å²) in [5, 5.41) is 13.5. The second-order valence-electron chi connectivity index (χ2n) is 4.60. The maximum absolute atomic E-state index is 11.8. The van der Waals surface area contributed by atoms with Crippen LogP contribution < -0.4 is 14.8 Å². The summed E-state index contributed by atoms with van der Waals surface area (Å²) in [5.74, 6) is 0.529. The van der Waals surface area contributed by atoms with Crippen molar-refractivity contribution < 1.29 is 19.2 Å². The van der Waals surface area contributed by atoms with E-state index in [1.807, 2.05) is 18.2 Å². The molecule has 2 aromatic rings. The average molecular weight is 316 g/mol. The van der Waals surface area contributed by atoms with Gasteiger partial charge in [0.2, 0.25) is 5.91 Å². The fourth-order valence-corrected chi connectivity index (χ4v) is 1.91. The number of ether oxygens (including phenoxy) is 2. The van der Waals surface area contributed by atoms with Crippen LogP contribution in [0.3, 0.4) is 0 Å². The molecule has 1 amide bonds. The van der Waals surface area contributed by atoms with E-state index in [0.717, 1.165) is 0 Å². The lowest BCUT2D eigenvalue weighted by Gasteiger charge is -2.08. The summed E-state index contributed by atoms with van der Waals surface area (Å²) in [5.41, 5.74) is 0.132. The highest BCUT2D eigenvalue weighted by Crippen LogP contribution is 2.29. The van der Waals surface area contributed by atoms with Crippen LogP contribution >= 0.6 is 0 Å². The molecule has 23 heavy (non-hydrogen) atoms. The highest BCUT2D eigenvalue weighted by Gasteiger charge is 2.16. The number of nitro benzene ring substituents is 1. The molecule has 7 nitrogen and oxygen atoms in total. The van der Waals surface area contributed by atoms with Crippen molar-refractivity contribution in [3.8, 4) is 11.5 Å². The van der Waals surface area contributed by atoms with Crippen molar-refractivity contribution in [2.45, 2.75) is 6.42 Å². The molecule has 0 saturated heterocycles. The van der Waals surface area contributed by atoms with Crippen molar-refractivity contribution in [1.29, 1.82) is 0 Å². The second kappa shape index (κ2) is 7.79. The maximum Gasteiger partial charge on any atom is 0.312 e. The number of carbonyl (C=O) groups is 1. The number of carbonyl (C=O) groups excluding carboxylic acids is 1. The molecular formula is C16H16N2O5. The van der Waals surface area contributed by atoms with E-state index in [1.165, 1.54) is 19.2 Å². The van der Waals surface area contributed by atoms with Crippen molar-refractivity contribution in [2.24, 2.45) is 0 Å². The number of anilines is 1. The number of rotatable bonds is 7. The maximum atomic E-state index is 11.8. The number of nitrogens with one attached hydrogen (secondary N) is 1. The first-order valence-electron chi connectivity index (χ1n) is 6.90. The van der Waals surface area contributed by atoms with Crippen LogP contribution in [0.2, 0.25) is 0 Å². The summed E-state index contributed by atoms with van der Waals surface area (Å²) in [7, 11) is 1.35. The van der Waals surface area contributed by atoms with Crippen LogP contribution in [-0.4, -0.2) is 24.5 Å². The molecule has 0 aromatic heterocycles. The van der Waals surface area contributed by atoms with Gasteiger partial charge in [-0.1, -0.05) is 18.2 Å². The third-order valence-electron chi connectivity index (χ3n) is 3.00. The molecule has 0 atom stereocenters. The highest BCUT2D eigenvalue weighted by atomic mass is 16.6. The molecule has 2 aromatic carbocycles. The molecule has 1 N–H and O–H groups in total. The van der Waals surface area contributed by atoms with Gasteiger partial charge in [-0.15, -0.1) is 0 Å². The van der Waals surface area contributed by atoms with Gasteiger partial charge in [0.05, 0.1) is 25.1 Å². The van der Waals surface area contributed by atoms with E-state index < -0.39 is 4.92 Å². The Morgan fingerprint density at radius 1 is 1.22 bits per heavy atom. The van der Waals surface area contributed by atoms with Crippen molar-refractivity contribution in [1.82, 2.24) is 0 Å². The molecular weight excluding hydrogens is 300 g/mol. The quantitative estimate of drug-likeness (QED) is 0.626. The van der Waals surface area contributed by atoms with Crippen LogP contribution in [0.1, 0.15) is 6.42 Å². The Morgan fingerprint density at radius 3 is 2.61 bits per heavy atom. The average Bonchev–Trinajstić information content (AvgIpc) is 2.55. The Hall–Kier alpha value is -3.09. The van der Waals surface area contributed by atoms with Gasteiger partial charge < -0.3 is 14.8 Å². The number of hydrogen-bond donors (Lipinski definition) is 1. The lowest BCUT2D eigenvalue weighted by atomic mass is 10.2. The summed E-state index contributed by atoms with van der Waals surface area (Å²) in [6.45, 7) is 0.216. The number of benzene rings is 2. The van der Waals surface area contributed by atoms with E-state index >= 15 is 0 Å².